The second kappa shape index (κ2) is 10.7. The third kappa shape index (κ3) is 4.98. The Morgan fingerprint density at radius 3 is 2.95 bits per heavy atom. The number of pyridine rings is 3. The summed E-state index contributed by atoms with van der Waals surface area (Å²) in [5.74, 6) is 0.531. The topological polar surface area (TPSA) is 117 Å². The predicted molar refractivity (Wildman–Crippen MR) is 149 cm³/mol. The lowest BCUT2D eigenvalue weighted by atomic mass is 10.0. The van der Waals surface area contributed by atoms with Gasteiger partial charge in [-0.15, -0.1) is 0 Å². The molecule has 39 heavy (non-hydrogen) atoms. The maximum absolute atomic E-state index is 13.0. The van der Waals surface area contributed by atoms with Gasteiger partial charge in [0, 0.05) is 75.9 Å². The molecule has 0 spiro atoms. The van der Waals surface area contributed by atoms with E-state index in [0.29, 0.717) is 43.3 Å². The number of aryl methyl sites for hydroxylation is 2. The summed E-state index contributed by atoms with van der Waals surface area (Å²) in [4.78, 5) is 29.5. The number of carbonyl (C=O) groups is 1. The Labute approximate surface area is 227 Å². The number of ether oxygens (including phenoxy) is 1. The van der Waals surface area contributed by atoms with E-state index in [4.69, 9.17) is 14.7 Å². The van der Waals surface area contributed by atoms with Crippen molar-refractivity contribution in [2.24, 2.45) is 7.05 Å². The van der Waals surface area contributed by atoms with Crippen LogP contribution in [0.4, 0.5) is 11.5 Å². The van der Waals surface area contributed by atoms with Crippen molar-refractivity contribution < 1.29 is 14.6 Å². The molecule has 4 aromatic rings. The number of amides is 1. The maximum atomic E-state index is 13.0. The lowest BCUT2D eigenvalue weighted by molar-refractivity contribution is 0.0966. The van der Waals surface area contributed by atoms with E-state index in [1.54, 1.807) is 19.5 Å². The molecule has 0 aromatic carbocycles. The number of methoxy groups -OCH3 is 1. The second-order valence-corrected chi connectivity index (χ2v) is 10.3. The summed E-state index contributed by atoms with van der Waals surface area (Å²) >= 11 is 0. The Kier molecular flexibility index (Phi) is 6.99. The summed E-state index contributed by atoms with van der Waals surface area (Å²) in [6.07, 6.45) is 7.74. The van der Waals surface area contributed by atoms with Gasteiger partial charge in [-0.2, -0.15) is 0 Å². The molecule has 10 heteroatoms. The monoisotopic (exact) mass is 527 g/mol. The van der Waals surface area contributed by atoms with Crippen LogP contribution in [0, 0.1) is 0 Å². The SMILES string of the molecule is COCCCc1ccc(Nc2cnc(-c3ccnc4c3ccn4C)c3c2C(=O)NC3)nc1CN1CC[C@H](O)C1. The van der Waals surface area contributed by atoms with Crippen LogP contribution in [0.3, 0.4) is 0 Å². The average Bonchev–Trinajstić information content (AvgIpc) is 3.64. The van der Waals surface area contributed by atoms with E-state index in [1.807, 2.05) is 36.0 Å². The van der Waals surface area contributed by atoms with Crippen LogP contribution in [-0.2, 0) is 31.3 Å². The minimum Gasteiger partial charge on any atom is -0.392 e. The van der Waals surface area contributed by atoms with E-state index in [-0.39, 0.29) is 12.0 Å². The number of aliphatic hydroxyl groups is 1. The molecule has 0 radical (unpaired) electrons. The summed E-state index contributed by atoms with van der Waals surface area (Å²) in [6.45, 7) is 3.27. The molecule has 1 atom stereocenters. The zero-order valence-electron chi connectivity index (χ0n) is 22.3. The molecule has 6 heterocycles. The van der Waals surface area contributed by atoms with Crippen molar-refractivity contribution in [1.82, 2.24) is 29.7 Å². The maximum Gasteiger partial charge on any atom is 0.254 e. The third-order valence-electron chi connectivity index (χ3n) is 7.60. The summed E-state index contributed by atoms with van der Waals surface area (Å²) in [6, 6.07) is 8.03. The van der Waals surface area contributed by atoms with Crippen LogP contribution in [0.25, 0.3) is 22.3 Å². The van der Waals surface area contributed by atoms with Gasteiger partial charge in [-0.05, 0) is 43.0 Å². The number of nitrogens with zero attached hydrogens (tertiary/aromatic N) is 5. The van der Waals surface area contributed by atoms with Crippen molar-refractivity contribution in [3.63, 3.8) is 0 Å². The minimum absolute atomic E-state index is 0.128. The number of anilines is 2. The van der Waals surface area contributed by atoms with Gasteiger partial charge in [0.05, 0.1) is 34.9 Å². The Bertz CT molecular complexity index is 1530. The molecule has 2 aliphatic rings. The smallest absolute Gasteiger partial charge is 0.254 e. The highest BCUT2D eigenvalue weighted by molar-refractivity contribution is 6.06. The average molecular weight is 528 g/mol. The fraction of sp³-hybridized carbons (Fsp3) is 0.379. The number of hydrogen-bond donors (Lipinski definition) is 3. The van der Waals surface area contributed by atoms with Gasteiger partial charge in [-0.1, -0.05) is 6.07 Å². The van der Waals surface area contributed by atoms with Crippen LogP contribution in [0.1, 0.15) is 40.0 Å². The molecular weight excluding hydrogens is 494 g/mol. The molecule has 10 nitrogen and oxygen atoms in total. The number of hydrogen-bond acceptors (Lipinski definition) is 8. The normalized spacial score (nSPS) is 17.1. The standard InChI is InChI=1S/C29H33N7O3/c1-35-11-9-21-20(7-10-30-28(21)35)27-22-14-32-29(38)26(22)23(15-31-27)33-25-6-5-18(4-3-13-39-2)24(34-25)17-36-12-8-19(37)16-36/h5-7,9-11,15,19,37H,3-4,8,12-14,16-17H2,1-2H3,(H,32,38)(H,33,34)/t19-/m0/s1. The highest BCUT2D eigenvalue weighted by Crippen LogP contribution is 2.36. The Hall–Kier alpha value is -3.86. The van der Waals surface area contributed by atoms with E-state index < -0.39 is 0 Å². The highest BCUT2D eigenvalue weighted by atomic mass is 16.5. The molecule has 0 aliphatic carbocycles. The Balaban J connectivity index is 1.33. The van der Waals surface area contributed by atoms with Gasteiger partial charge >= 0.3 is 0 Å². The number of carbonyl (C=O) groups excluding carboxylic acids is 1. The van der Waals surface area contributed by atoms with Gasteiger partial charge in [0.15, 0.2) is 0 Å². The van der Waals surface area contributed by atoms with Crippen molar-refractivity contribution in [3.8, 4) is 11.3 Å². The van der Waals surface area contributed by atoms with Crippen molar-refractivity contribution in [3.05, 3.63) is 65.2 Å². The van der Waals surface area contributed by atoms with Crippen LogP contribution in [-0.4, -0.2) is 68.3 Å². The van der Waals surface area contributed by atoms with Crippen LogP contribution >= 0.6 is 0 Å². The zero-order valence-corrected chi connectivity index (χ0v) is 22.3. The first kappa shape index (κ1) is 25.4. The van der Waals surface area contributed by atoms with Crippen molar-refractivity contribution in [1.29, 1.82) is 0 Å². The molecule has 3 N–H and O–H groups in total. The number of β-amino-alcohol motifs (C(OH)–C–C–N with tert-alkyl or cyclic N) is 1. The fourth-order valence-corrected chi connectivity index (χ4v) is 5.62. The second-order valence-electron chi connectivity index (χ2n) is 10.3. The molecule has 202 valence electrons. The lowest BCUT2D eigenvalue weighted by Gasteiger charge is -2.19. The molecule has 2 aliphatic heterocycles. The number of aliphatic hydroxyl groups excluding tert-OH is 1. The van der Waals surface area contributed by atoms with Crippen molar-refractivity contribution in [2.75, 3.05) is 32.1 Å². The number of likely N-dealkylation sites (tertiary alicyclic amines) is 1. The van der Waals surface area contributed by atoms with Crippen LogP contribution in [0.15, 0.2) is 42.9 Å². The predicted octanol–water partition coefficient (Wildman–Crippen LogP) is 3.16. The van der Waals surface area contributed by atoms with Gasteiger partial charge in [0.25, 0.3) is 5.91 Å². The summed E-state index contributed by atoms with van der Waals surface area (Å²) in [5, 5.41) is 17.4. The number of aromatic nitrogens is 4. The zero-order chi connectivity index (χ0) is 26.9. The molecule has 1 fully saturated rings. The molecule has 1 saturated heterocycles. The fourth-order valence-electron chi connectivity index (χ4n) is 5.62. The number of fused-ring (bicyclic) bond motifs is 2. The Morgan fingerprint density at radius 2 is 2.13 bits per heavy atom. The highest BCUT2D eigenvalue weighted by Gasteiger charge is 2.28. The minimum atomic E-state index is -0.286. The third-order valence-corrected chi connectivity index (χ3v) is 7.60. The molecule has 0 unspecified atom stereocenters. The van der Waals surface area contributed by atoms with Crippen molar-refractivity contribution in [2.45, 2.75) is 38.5 Å². The van der Waals surface area contributed by atoms with Crippen LogP contribution in [0.2, 0.25) is 0 Å². The molecule has 1 amide bonds. The number of rotatable bonds is 9. The largest absolute Gasteiger partial charge is 0.392 e. The first-order chi connectivity index (χ1) is 19.0. The van der Waals surface area contributed by atoms with Gasteiger partial charge in [0.1, 0.15) is 11.5 Å². The molecular formula is C29H33N7O3. The van der Waals surface area contributed by atoms with E-state index in [1.165, 1.54) is 5.56 Å². The summed E-state index contributed by atoms with van der Waals surface area (Å²) < 4.78 is 7.22. The van der Waals surface area contributed by atoms with Gasteiger partial charge in [-0.25, -0.2) is 9.97 Å². The van der Waals surface area contributed by atoms with E-state index in [2.05, 4.69) is 26.6 Å². The van der Waals surface area contributed by atoms with Crippen LogP contribution < -0.4 is 10.6 Å². The number of nitrogens with one attached hydrogen (secondary N) is 2. The molecule has 0 bridgehead atoms. The Morgan fingerprint density at radius 1 is 1.23 bits per heavy atom. The molecule has 6 rings (SSSR count). The van der Waals surface area contributed by atoms with E-state index in [0.717, 1.165) is 59.4 Å². The van der Waals surface area contributed by atoms with E-state index >= 15 is 0 Å². The van der Waals surface area contributed by atoms with Gasteiger partial charge in [-0.3, -0.25) is 14.7 Å². The van der Waals surface area contributed by atoms with Crippen LogP contribution in [0.5, 0.6) is 0 Å². The van der Waals surface area contributed by atoms with Crippen molar-refractivity contribution >= 4 is 28.4 Å². The van der Waals surface area contributed by atoms with E-state index in [9.17, 15) is 9.90 Å². The quantitative estimate of drug-likeness (QED) is 0.284. The molecule has 0 saturated carbocycles. The first-order valence-electron chi connectivity index (χ1n) is 13.4. The van der Waals surface area contributed by atoms with Gasteiger partial charge < -0.3 is 25.0 Å². The summed E-state index contributed by atoms with van der Waals surface area (Å²) in [5.41, 5.74) is 6.83. The first-order valence-corrected chi connectivity index (χ1v) is 13.4. The summed E-state index contributed by atoms with van der Waals surface area (Å²) in [7, 11) is 3.67. The molecule has 4 aromatic heterocycles. The lowest BCUT2D eigenvalue weighted by Crippen LogP contribution is -2.23. The van der Waals surface area contributed by atoms with Gasteiger partial charge in [0.2, 0.25) is 0 Å².